The molecule has 0 saturated carbocycles. The standard InChI is InChI=1S/C10H16OP.BrH/c1-12(2,9-8-11)10-6-4-3-5-7-10;/h3-7,11H,8-9H2,1-2H3;1H/q+1;/p-1. The lowest BCUT2D eigenvalue weighted by Crippen LogP contribution is -3.00. The van der Waals surface area contributed by atoms with Gasteiger partial charge >= 0.3 is 0 Å². The van der Waals surface area contributed by atoms with Crippen molar-refractivity contribution in [2.24, 2.45) is 0 Å². The molecule has 0 aliphatic heterocycles. The lowest BCUT2D eigenvalue weighted by atomic mass is 10.4. The van der Waals surface area contributed by atoms with E-state index in [0.29, 0.717) is 6.61 Å². The molecule has 0 aliphatic rings. The second kappa shape index (κ2) is 5.74. The van der Waals surface area contributed by atoms with Crippen LogP contribution in [-0.2, 0) is 0 Å². The van der Waals surface area contributed by atoms with E-state index in [9.17, 15) is 0 Å². The second-order valence-electron chi connectivity index (χ2n) is 3.47. The Bertz CT molecular complexity index is 236. The molecule has 0 aromatic heterocycles. The van der Waals surface area contributed by atoms with E-state index in [2.05, 4.69) is 37.6 Å². The average Bonchev–Trinajstić information content (AvgIpc) is 2.06. The van der Waals surface area contributed by atoms with Gasteiger partial charge in [-0.25, -0.2) is 0 Å². The third kappa shape index (κ3) is 3.76. The molecule has 0 atom stereocenters. The number of aliphatic hydroxyl groups is 1. The molecule has 0 radical (unpaired) electrons. The van der Waals surface area contributed by atoms with Gasteiger partial charge in [0.05, 0.1) is 31.4 Å². The van der Waals surface area contributed by atoms with E-state index in [-0.39, 0.29) is 17.0 Å². The first kappa shape index (κ1) is 13.1. The normalized spacial score (nSPS) is 10.7. The Morgan fingerprint density at radius 2 is 1.69 bits per heavy atom. The molecule has 0 aliphatic carbocycles. The van der Waals surface area contributed by atoms with Gasteiger partial charge in [0.2, 0.25) is 0 Å². The van der Waals surface area contributed by atoms with Crippen LogP contribution in [0.4, 0.5) is 0 Å². The highest BCUT2D eigenvalue weighted by Crippen LogP contribution is 2.48. The Kier molecular flexibility index (Phi) is 5.78. The summed E-state index contributed by atoms with van der Waals surface area (Å²) < 4.78 is 0. The molecule has 3 heteroatoms. The van der Waals surface area contributed by atoms with Crippen LogP contribution >= 0.6 is 7.26 Å². The van der Waals surface area contributed by atoms with Crippen molar-refractivity contribution in [3.05, 3.63) is 30.3 Å². The summed E-state index contributed by atoms with van der Waals surface area (Å²) in [5.41, 5.74) is 0. The van der Waals surface area contributed by atoms with E-state index in [4.69, 9.17) is 5.11 Å². The Labute approximate surface area is 91.3 Å². The summed E-state index contributed by atoms with van der Waals surface area (Å²) >= 11 is 0. The van der Waals surface area contributed by atoms with Crippen LogP contribution in [-0.4, -0.2) is 31.2 Å². The second-order valence-corrected chi connectivity index (χ2v) is 7.80. The minimum absolute atomic E-state index is 0. The van der Waals surface area contributed by atoms with Gasteiger partial charge in [-0.3, -0.25) is 0 Å². The van der Waals surface area contributed by atoms with E-state index < -0.39 is 7.26 Å². The molecule has 0 saturated heterocycles. The SMILES string of the molecule is C[P+](C)(CCO)c1ccccc1.[Br-]. The van der Waals surface area contributed by atoms with Crippen LogP contribution in [0.15, 0.2) is 30.3 Å². The van der Waals surface area contributed by atoms with Crippen LogP contribution in [0.3, 0.4) is 0 Å². The number of aliphatic hydroxyl groups excluding tert-OH is 1. The molecule has 1 rings (SSSR count). The van der Waals surface area contributed by atoms with Crippen LogP contribution in [0.2, 0.25) is 0 Å². The van der Waals surface area contributed by atoms with Gasteiger partial charge in [-0.15, -0.1) is 0 Å². The largest absolute Gasteiger partial charge is 1.00 e. The van der Waals surface area contributed by atoms with Gasteiger partial charge in [0.15, 0.2) is 0 Å². The van der Waals surface area contributed by atoms with Crippen LogP contribution in [0.1, 0.15) is 0 Å². The maximum Gasteiger partial charge on any atom is 0.0934 e. The molecule has 0 heterocycles. The van der Waals surface area contributed by atoms with Crippen molar-refractivity contribution >= 4 is 12.6 Å². The van der Waals surface area contributed by atoms with E-state index in [1.165, 1.54) is 5.30 Å². The zero-order chi connectivity index (χ0) is 9.03. The quantitative estimate of drug-likeness (QED) is 0.664. The molecule has 0 bridgehead atoms. The maximum absolute atomic E-state index is 8.89. The van der Waals surface area contributed by atoms with Gasteiger partial charge in [0.1, 0.15) is 0 Å². The third-order valence-corrected chi connectivity index (χ3v) is 5.13. The smallest absolute Gasteiger partial charge is 0.0934 e. The highest BCUT2D eigenvalue weighted by atomic mass is 79.9. The van der Waals surface area contributed by atoms with Gasteiger partial charge in [0, 0.05) is 7.26 Å². The van der Waals surface area contributed by atoms with E-state index >= 15 is 0 Å². The molecule has 1 aromatic carbocycles. The Hall–Kier alpha value is 0.0900. The summed E-state index contributed by atoms with van der Waals surface area (Å²) in [5.74, 6) is 0. The fraction of sp³-hybridized carbons (Fsp3) is 0.400. The van der Waals surface area contributed by atoms with E-state index in [0.717, 1.165) is 6.16 Å². The van der Waals surface area contributed by atoms with Gasteiger partial charge in [0.25, 0.3) is 0 Å². The number of hydrogen-bond donors (Lipinski definition) is 1. The Balaban J connectivity index is 0.00000144. The monoisotopic (exact) mass is 262 g/mol. The first-order chi connectivity index (χ1) is 5.67. The number of benzene rings is 1. The lowest BCUT2D eigenvalue weighted by molar-refractivity contribution is -0.00000379. The maximum atomic E-state index is 8.89. The number of hydrogen-bond acceptors (Lipinski definition) is 1. The van der Waals surface area contributed by atoms with Gasteiger partial charge in [-0.05, 0) is 12.1 Å². The van der Waals surface area contributed by atoms with Crippen molar-refractivity contribution < 1.29 is 22.1 Å². The van der Waals surface area contributed by atoms with Crippen molar-refractivity contribution in [2.45, 2.75) is 0 Å². The molecule has 0 amide bonds. The van der Waals surface area contributed by atoms with Gasteiger partial charge in [-0.1, -0.05) is 18.2 Å². The average molecular weight is 263 g/mol. The molecular formula is C10H16BrOP. The minimum atomic E-state index is -1.04. The molecule has 0 spiro atoms. The van der Waals surface area contributed by atoms with E-state index in [1.807, 2.05) is 6.07 Å². The summed E-state index contributed by atoms with van der Waals surface area (Å²) in [6.07, 6.45) is 0.928. The topological polar surface area (TPSA) is 20.2 Å². The molecule has 0 unspecified atom stereocenters. The fourth-order valence-electron chi connectivity index (χ4n) is 1.21. The zero-order valence-corrected chi connectivity index (χ0v) is 10.6. The van der Waals surface area contributed by atoms with Crippen LogP contribution in [0.5, 0.6) is 0 Å². The zero-order valence-electron chi connectivity index (χ0n) is 8.07. The van der Waals surface area contributed by atoms with Gasteiger partial charge in [-0.2, -0.15) is 0 Å². The first-order valence-corrected chi connectivity index (χ1v) is 7.03. The van der Waals surface area contributed by atoms with Crippen molar-refractivity contribution in [2.75, 3.05) is 26.1 Å². The van der Waals surface area contributed by atoms with Crippen LogP contribution in [0, 0.1) is 0 Å². The van der Waals surface area contributed by atoms with Crippen molar-refractivity contribution in [1.29, 1.82) is 0 Å². The molecule has 0 fully saturated rings. The summed E-state index contributed by atoms with van der Waals surface area (Å²) in [5, 5.41) is 10.3. The fourth-order valence-corrected chi connectivity index (χ4v) is 2.95. The first-order valence-electron chi connectivity index (χ1n) is 4.16. The van der Waals surface area contributed by atoms with Gasteiger partial charge < -0.3 is 22.1 Å². The number of halogens is 1. The predicted molar refractivity (Wildman–Crippen MR) is 56.8 cm³/mol. The van der Waals surface area contributed by atoms with Crippen molar-refractivity contribution in [3.8, 4) is 0 Å². The Morgan fingerprint density at radius 3 is 2.15 bits per heavy atom. The van der Waals surface area contributed by atoms with Crippen LogP contribution < -0.4 is 22.3 Å². The molecule has 1 nitrogen and oxygen atoms in total. The Morgan fingerprint density at radius 1 is 1.15 bits per heavy atom. The third-order valence-electron chi connectivity index (χ3n) is 2.11. The summed E-state index contributed by atoms with van der Waals surface area (Å²) in [6.45, 7) is 4.83. The molecular weight excluding hydrogens is 247 g/mol. The van der Waals surface area contributed by atoms with Crippen molar-refractivity contribution in [1.82, 2.24) is 0 Å². The summed E-state index contributed by atoms with van der Waals surface area (Å²) in [7, 11) is -1.04. The highest BCUT2D eigenvalue weighted by molar-refractivity contribution is 7.81. The summed E-state index contributed by atoms with van der Waals surface area (Å²) in [4.78, 5) is 0. The molecule has 1 N–H and O–H groups in total. The number of rotatable bonds is 3. The predicted octanol–water partition coefficient (Wildman–Crippen LogP) is -1.41. The minimum Gasteiger partial charge on any atom is -1.00 e. The summed E-state index contributed by atoms with van der Waals surface area (Å²) in [6, 6.07) is 10.5. The molecule has 13 heavy (non-hydrogen) atoms. The van der Waals surface area contributed by atoms with E-state index in [1.54, 1.807) is 0 Å². The molecule has 1 aromatic rings. The lowest BCUT2D eigenvalue weighted by Gasteiger charge is -2.16. The molecule has 74 valence electrons. The van der Waals surface area contributed by atoms with Crippen molar-refractivity contribution in [3.63, 3.8) is 0 Å². The highest BCUT2D eigenvalue weighted by Gasteiger charge is 2.26. The van der Waals surface area contributed by atoms with Crippen LogP contribution in [0.25, 0.3) is 0 Å².